The number of H-pyrrole nitrogens is 1. The highest BCUT2D eigenvalue weighted by Gasteiger charge is 2.43. The minimum atomic E-state index is -4.75. The first-order valence-electron chi connectivity index (χ1n) is 9.31. The number of aromatic nitrogens is 4. The quantitative estimate of drug-likeness (QED) is 0.719. The average Bonchev–Trinajstić information content (AvgIpc) is 3.37. The zero-order chi connectivity index (χ0) is 20.6. The number of fused-ring (bicyclic) bond motifs is 1. The Bertz CT molecular complexity index is 1010. The van der Waals surface area contributed by atoms with E-state index in [2.05, 4.69) is 15.0 Å². The number of hydrogen-bond acceptors (Lipinski definition) is 4. The van der Waals surface area contributed by atoms with Gasteiger partial charge in [0.05, 0.1) is 18.1 Å². The van der Waals surface area contributed by atoms with Crippen molar-refractivity contribution in [3.05, 3.63) is 42.2 Å². The van der Waals surface area contributed by atoms with E-state index in [0.717, 1.165) is 23.8 Å². The summed E-state index contributed by atoms with van der Waals surface area (Å²) in [4.78, 5) is 25.7. The van der Waals surface area contributed by atoms with Crippen molar-refractivity contribution in [1.29, 1.82) is 0 Å². The SMILES string of the molecule is COc1ccc2nc(C(F)(F)F)n(C(C(=O)N3CCCCC3)c3ncc[nH]3)c2c1. The number of alkyl halides is 3. The van der Waals surface area contributed by atoms with E-state index < -0.39 is 23.9 Å². The topological polar surface area (TPSA) is 76.0 Å². The number of benzene rings is 1. The van der Waals surface area contributed by atoms with Crippen LogP contribution in [0.2, 0.25) is 0 Å². The van der Waals surface area contributed by atoms with E-state index in [9.17, 15) is 18.0 Å². The maximum absolute atomic E-state index is 13.9. The van der Waals surface area contributed by atoms with E-state index >= 15 is 0 Å². The Kier molecular flexibility index (Phi) is 4.93. The van der Waals surface area contributed by atoms with E-state index in [0.29, 0.717) is 18.8 Å². The van der Waals surface area contributed by atoms with Crippen LogP contribution < -0.4 is 4.74 Å². The molecule has 1 aliphatic heterocycles. The number of carbonyl (C=O) groups is 1. The molecule has 3 aromatic rings. The van der Waals surface area contributed by atoms with Gasteiger partial charge < -0.3 is 19.2 Å². The highest BCUT2D eigenvalue weighted by atomic mass is 19.4. The number of nitrogens with zero attached hydrogens (tertiary/aromatic N) is 4. The van der Waals surface area contributed by atoms with Crippen LogP contribution in [-0.4, -0.2) is 50.5 Å². The molecule has 1 unspecified atom stereocenters. The zero-order valence-electron chi connectivity index (χ0n) is 15.7. The molecule has 1 atom stereocenters. The predicted molar refractivity (Wildman–Crippen MR) is 98.4 cm³/mol. The summed E-state index contributed by atoms with van der Waals surface area (Å²) in [6, 6.07) is 3.13. The summed E-state index contributed by atoms with van der Waals surface area (Å²) in [5, 5.41) is 0. The minimum absolute atomic E-state index is 0.126. The summed E-state index contributed by atoms with van der Waals surface area (Å²) in [6.45, 7) is 1.01. The third kappa shape index (κ3) is 3.54. The van der Waals surface area contributed by atoms with Crippen LogP contribution in [0.3, 0.4) is 0 Å². The van der Waals surface area contributed by atoms with Crippen molar-refractivity contribution in [2.45, 2.75) is 31.5 Å². The standard InChI is InChI=1S/C19H20F3N5O2/c1-29-12-5-6-13-14(11-12)27(18(25-13)19(20,21)22)15(16-23-7-8-24-16)17(28)26-9-3-2-4-10-26/h5-8,11,15H,2-4,9-10H2,1H3,(H,23,24). The summed E-state index contributed by atoms with van der Waals surface area (Å²) in [6.07, 6.45) is 0.785. The molecule has 1 amide bonds. The molecular formula is C19H20F3N5O2. The Hall–Kier alpha value is -3.04. The Balaban J connectivity index is 1.94. The Morgan fingerprint density at radius 3 is 2.62 bits per heavy atom. The molecule has 1 N–H and O–H groups in total. The van der Waals surface area contributed by atoms with E-state index in [1.807, 2.05) is 0 Å². The van der Waals surface area contributed by atoms with Crippen LogP contribution in [0.4, 0.5) is 13.2 Å². The molecule has 3 heterocycles. The van der Waals surface area contributed by atoms with Gasteiger partial charge in [-0.25, -0.2) is 9.97 Å². The lowest BCUT2D eigenvalue weighted by Crippen LogP contribution is -2.42. The third-order valence-electron chi connectivity index (χ3n) is 5.09. The van der Waals surface area contributed by atoms with Crippen molar-refractivity contribution in [3.63, 3.8) is 0 Å². The van der Waals surface area contributed by atoms with E-state index in [4.69, 9.17) is 4.74 Å². The molecule has 7 nitrogen and oxygen atoms in total. The van der Waals surface area contributed by atoms with Crippen LogP contribution in [0.5, 0.6) is 5.75 Å². The van der Waals surface area contributed by atoms with Gasteiger partial charge in [0, 0.05) is 31.5 Å². The van der Waals surface area contributed by atoms with Crippen LogP contribution in [0.25, 0.3) is 11.0 Å². The molecule has 4 rings (SSSR count). The van der Waals surface area contributed by atoms with Crippen LogP contribution in [0.1, 0.15) is 37.0 Å². The van der Waals surface area contributed by atoms with Crippen LogP contribution in [-0.2, 0) is 11.0 Å². The van der Waals surface area contributed by atoms with Gasteiger partial charge >= 0.3 is 6.18 Å². The number of amides is 1. The number of halogens is 3. The molecule has 1 aromatic carbocycles. The molecule has 0 spiro atoms. The first kappa shape index (κ1) is 19.3. The van der Waals surface area contributed by atoms with Gasteiger partial charge in [-0.15, -0.1) is 0 Å². The maximum Gasteiger partial charge on any atom is 0.449 e. The monoisotopic (exact) mass is 407 g/mol. The van der Waals surface area contributed by atoms with Crippen LogP contribution in [0, 0.1) is 0 Å². The Morgan fingerprint density at radius 2 is 2.00 bits per heavy atom. The fourth-order valence-electron chi connectivity index (χ4n) is 3.73. The number of carbonyl (C=O) groups excluding carboxylic acids is 1. The third-order valence-corrected chi connectivity index (χ3v) is 5.09. The van der Waals surface area contributed by atoms with Crippen LogP contribution in [0.15, 0.2) is 30.6 Å². The predicted octanol–water partition coefficient (Wildman–Crippen LogP) is 3.39. The molecule has 0 bridgehead atoms. The lowest BCUT2D eigenvalue weighted by atomic mass is 10.1. The number of rotatable bonds is 4. The summed E-state index contributed by atoms with van der Waals surface area (Å²) in [5.41, 5.74) is 0.282. The molecule has 2 aromatic heterocycles. The van der Waals surface area contributed by atoms with Crippen LogP contribution >= 0.6 is 0 Å². The number of likely N-dealkylation sites (tertiary alicyclic amines) is 1. The Morgan fingerprint density at radius 1 is 1.24 bits per heavy atom. The largest absolute Gasteiger partial charge is 0.497 e. The number of nitrogens with one attached hydrogen (secondary N) is 1. The number of imidazole rings is 2. The van der Waals surface area contributed by atoms with Gasteiger partial charge in [-0.05, 0) is 31.4 Å². The first-order chi connectivity index (χ1) is 13.9. The molecular weight excluding hydrogens is 387 g/mol. The van der Waals surface area contributed by atoms with Gasteiger partial charge in [0.2, 0.25) is 5.82 Å². The highest BCUT2D eigenvalue weighted by Crippen LogP contribution is 2.37. The van der Waals surface area contributed by atoms with Crippen molar-refractivity contribution in [2.24, 2.45) is 0 Å². The normalized spacial score (nSPS) is 16.2. The number of aromatic amines is 1. The van der Waals surface area contributed by atoms with E-state index in [-0.39, 0.29) is 16.9 Å². The lowest BCUT2D eigenvalue weighted by Gasteiger charge is -2.31. The molecule has 0 aliphatic carbocycles. The molecule has 10 heteroatoms. The smallest absolute Gasteiger partial charge is 0.449 e. The fourth-order valence-corrected chi connectivity index (χ4v) is 3.73. The molecule has 0 radical (unpaired) electrons. The summed E-state index contributed by atoms with van der Waals surface area (Å²) < 4.78 is 47.8. The molecule has 29 heavy (non-hydrogen) atoms. The van der Waals surface area contributed by atoms with Crippen molar-refractivity contribution < 1.29 is 22.7 Å². The average molecular weight is 407 g/mol. The van der Waals surface area contributed by atoms with E-state index in [1.54, 1.807) is 4.90 Å². The van der Waals surface area contributed by atoms with Gasteiger partial charge in [0.15, 0.2) is 6.04 Å². The number of ether oxygens (including phenoxy) is 1. The van der Waals surface area contributed by atoms with Gasteiger partial charge in [-0.1, -0.05) is 0 Å². The van der Waals surface area contributed by atoms with Crippen molar-refractivity contribution in [1.82, 2.24) is 24.4 Å². The minimum Gasteiger partial charge on any atom is -0.497 e. The second-order valence-electron chi connectivity index (χ2n) is 6.92. The van der Waals surface area contributed by atoms with Gasteiger partial charge in [-0.2, -0.15) is 13.2 Å². The maximum atomic E-state index is 13.9. The summed E-state index contributed by atoms with van der Waals surface area (Å²) in [5.74, 6) is -1.08. The Labute approximate surface area is 164 Å². The number of methoxy groups -OCH3 is 1. The lowest BCUT2D eigenvalue weighted by molar-refractivity contribution is -0.149. The molecule has 1 fully saturated rings. The highest BCUT2D eigenvalue weighted by molar-refractivity contribution is 5.87. The zero-order valence-corrected chi connectivity index (χ0v) is 15.7. The first-order valence-corrected chi connectivity index (χ1v) is 9.31. The molecule has 0 saturated carbocycles. The molecule has 154 valence electrons. The summed E-state index contributed by atoms with van der Waals surface area (Å²) >= 11 is 0. The van der Waals surface area contributed by atoms with Gasteiger partial charge in [0.1, 0.15) is 11.6 Å². The second kappa shape index (κ2) is 7.41. The van der Waals surface area contributed by atoms with Crippen molar-refractivity contribution >= 4 is 16.9 Å². The fraction of sp³-hybridized carbons (Fsp3) is 0.421. The van der Waals surface area contributed by atoms with Crippen molar-refractivity contribution in [2.75, 3.05) is 20.2 Å². The second-order valence-corrected chi connectivity index (χ2v) is 6.92. The number of hydrogen-bond donors (Lipinski definition) is 1. The number of piperidine rings is 1. The molecule has 1 saturated heterocycles. The van der Waals surface area contributed by atoms with Crippen molar-refractivity contribution in [3.8, 4) is 5.75 Å². The van der Waals surface area contributed by atoms with Gasteiger partial charge in [-0.3, -0.25) is 4.79 Å². The molecule has 1 aliphatic rings. The van der Waals surface area contributed by atoms with Gasteiger partial charge in [0.25, 0.3) is 5.91 Å². The summed E-state index contributed by atoms with van der Waals surface area (Å²) in [7, 11) is 1.43. The van der Waals surface area contributed by atoms with E-state index in [1.165, 1.54) is 37.7 Å².